The van der Waals surface area contributed by atoms with E-state index in [1.54, 1.807) is 0 Å². The number of hydrogen-bond donors (Lipinski definition) is 1. The van der Waals surface area contributed by atoms with Crippen LogP contribution in [-0.2, 0) is 10.8 Å². The van der Waals surface area contributed by atoms with Gasteiger partial charge >= 0.3 is 6.03 Å². The molecule has 262 valence electrons. The molecular weight excluding hydrogens is 601 g/mol. The second-order valence-electron chi connectivity index (χ2n) is 15.0. The number of allylic oxidation sites excluding steroid dienone is 7. The lowest BCUT2D eigenvalue weighted by atomic mass is 9.81. The smallest absolute Gasteiger partial charge is 0.321 e. The van der Waals surface area contributed by atoms with Crippen molar-refractivity contribution < 1.29 is 9.37 Å². The van der Waals surface area contributed by atoms with E-state index in [1.807, 2.05) is 4.90 Å². The summed E-state index contributed by atoms with van der Waals surface area (Å²) in [5.41, 5.74) is 11.3. The van der Waals surface area contributed by atoms with Crippen LogP contribution in [0, 0.1) is 0 Å². The molecule has 2 aliphatic heterocycles. The van der Waals surface area contributed by atoms with Crippen LogP contribution in [0.4, 0.5) is 16.2 Å². The van der Waals surface area contributed by atoms with Gasteiger partial charge in [-0.1, -0.05) is 89.1 Å². The largest absolute Gasteiger partial charge is 0.344 e. The Morgan fingerprint density at radius 2 is 1.53 bits per heavy atom. The lowest BCUT2D eigenvalue weighted by molar-refractivity contribution is -0.438. The van der Waals surface area contributed by atoms with Crippen LogP contribution in [0.5, 0.6) is 0 Å². The topological polar surface area (TPSA) is 38.6 Å². The Balaban J connectivity index is 1.60. The standard InChI is InChI=1S/C44H60N4O/c1-9-13-19-32-48-38-26-18-16-24-36(38)44(7,8)40(48)30-28-34-22-20-21-33(41(34)45-42(49)46(11-3)12-4)27-29-39-43(5,6)35-23-15-17-25-37(35)47(39)31-14-10-2/h15-18,23-30H,9-14,19-22,31-32H2,1-8H3/p+1/b33-27+,39-29+. The van der Waals surface area contributed by atoms with Gasteiger partial charge in [0.2, 0.25) is 5.69 Å². The molecule has 0 atom stereocenters. The Bertz CT molecular complexity index is 1660. The molecule has 0 aromatic heterocycles. The van der Waals surface area contributed by atoms with Gasteiger partial charge in [0.05, 0.1) is 5.41 Å². The predicted molar refractivity (Wildman–Crippen MR) is 208 cm³/mol. The van der Waals surface area contributed by atoms with Gasteiger partial charge in [0.15, 0.2) is 5.71 Å². The van der Waals surface area contributed by atoms with Crippen LogP contribution in [0.3, 0.4) is 0 Å². The molecule has 3 aliphatic rings. The van der Waals surface area contributed by atoms with Crippen LogP contribution in [0.1, 0.15) is 118 Å². The molecule has 0 saturated heterocycles. The van der Waals surface area contributed by atoms with E-state index in [0.29, 0.717) is 13.1 Å². The van der Waals surface area contributed by atoms with E-state index in [4.69, 9.17) is 0 Å². The van der Waals surface area contributed by atoms with Gasteiger partial charge in [-0.15, -0.1) is 0 Å². The number of benzene rings is 2. The van der Waals surface area contributed by atoms with Gasteiger partial charge in [-0.25, -0.2) is 4.79 Å². The number of nitrogens with zero attached hydrogens (tertiary/aromatic N) is 3. The van der Waals surface area contributed by atoms with Crippen LogP contribution in [0.25, 0.3) is 0 Å². The number of fused-ring (bicyclic) bond motifs is 2. The SMILES string of the molecule is CCCCC[N+]1=C(/C=C/C2=C(NC(=O)N(CC)CC)C(=C/C=C3/N(CCCC)c4ccccc4C3(C)C)/CCC2)C(C)(C)c2ccccc21. The van der Waals surface area contributed by atoms with Gasteiger partial charge in [-0.05, 0) is 88.7 Å². The zero-order valence-corrected chi connectivity index (χ0v) is 31.7. The third-order valence-electron chi connectivity index (χ3n) is 11.0. The second kappa shape index (κ2) is 15.8. The third kappa shape index (κ3) is 7.37. The summed E-state index contributed by atoms with van der Waals surface area (Å²) in [7, 11) is 0. The van der Waals surface area contributed by atoms with E-state index < -0.39 is 0 Å². The summed E-state index contributed by atoms with van der Waals surface area (Å²) in [5.74, 6) is 0. The van der Waals surface area contributed by atoms with Crippen molar-refractivity contribution in [3.05, 3.63) is 107 Å². The maximum absolute atomic E-state index is 13.7. The molecule has 49 heavy (non-hydrogen) atoms. The lowest BCUT2D eigenvalue weighted by Gasteiger charge is -2.28. The molecule has 0 fully saturated rings. The zero-order chi connectivity index (χ0) is 35.2. The van der Waals surface area contributed by atoms with Gasteiger partial charge in [-0.2, -0.15) is 4.58 Å². The number of urea groups is 1. The van der Waals surface area contributed by atoms with Crippen molar-refractivity contribution in [1.29, 1.82) is 0 Å². The number of carbonyl (C=O) groups is 1. The number of carbonyl (C=O) groups excluding carboxylic acids is 1. The summed E-state index contributed by atoms with van der Waals surface area (Å²) >= 11 is 0. The van der Waals surface area contributed by atoms with E-state index in [2.05, 4.69) is 143 Å². The first kappa shape index (κ1) is 36.4. The first-order valence-corrected chi connectivity index (χ1v) is 19.1. The highest BCUT2D eigenvalue weighted by Crippen LogP contribution is 2.48. The number of anilines is 1. The third-order valence-corrected chi connectivity index (χ3v) is 11.0. The van der Waals surface area contributed by atoms with Crippen molar-refractivity contribution in [3.63, 3.8) is 0 Å². The number of amides is 2. The summed E-state index contributed by atoms with van der Waals surface area (Å²) in [4.78, 5) is 18.1. The maximum atomic E-state index is 13.7. The van der Waals surface area contributed by atoms with Gasteiger partial charge in [-0.3, -0.25) is 0 Å². The van der Waals surface area contributed by atoms with Crippen molar-refractivity contribution in [1.82, 2.24) is 10.2 Å². The zero-order valence-electron chi connectivity index (χ0n) is 31.7. The fourth-order valence-electron chi connectivity index (χ4n) is 8.08. The molecule has 0 unspecified atom stereocenters. The van der Waals surface area contributed by atoms with E-state index >= 15 is 0 Å². The summed E-state index contributed by atoms with van der Waals surface area (Å²) in [6, 6.07) is 17.8. The summed E-state index contributed by atoms with van der Waals surface area (Å²) in [6.45, 7) is 21.4. The Hall–Kier alpha value is -3.86. The highest BCUT2D eigenvalue weighted by atomic mass is 16.2. The second-order valence-corrected chi connectivity index (χ2v) is 15.0. The van der Waals surface area contributed by atoms with E-state index in [9.17, 15) is 4.79 Å². The van der Waals surface area contributed by atoms with Crippen molar-refractivity contribution in [2.75, 3.05) is 31.1 Å². The molecule has 5 nitrogen and oxygen atoms in total. The van der Waals surface area contributed by atoms with Gasteiger partial charge < -0.3 is 15.1 Å². The predicted octanol–water partition coefficient (Wildman–Crippen LogP) is 10.7. The maximum Gasteiger partial charge on any atom is 0.321 e. The van der Waals surface area contributed by atoms with E-state index in [-0.39, 0.29) is 16.9 Å². The van der Waals surface area contributed by atoms with E-state index in [1.165, 1.54) is 64.3 Å². The van der Waals surface area contributed by atoms with Crippen LogP contribution in [-0.4, -0.2) is 47.4 Å². The molecule has 0 bridgehead atoms. The molecule has 5 rings (SSSR count). The first-order valence-electron chi connectivity index (χ1n) is 19.1. The minimum Gasteiger partial charge on any atom is -0.344 e. The lowest BCUT2D eigenvalue weighted by Crippen LogP contribution is -2.40. The monoisotopic (exact) mass is 661 g/mol. The Labute approximate surface area is 297 Å². The van der Waals surface area contributed by atoms with Crippen molar-refractivity contribution >= 4 is 23.1 Å². The molecule has 0 spiro atoms. The van der Waals surface area contributed by atoms with Crippen LogP contribution < -0.4 is 10.2 Å². The van der Waals surface area contributed by atoms with Crippen molar-refractivity contribution in [2.45, 2.75) is 118 Å². The molecule has 2 aromatic carbocycles. The van der Waals surface area contributed by atoms with Crippen LogP contribution in [0.2, 0.25) is 0 Å². The molecule has 2 heterocycles. The highest BCUT2D eigenvalue weighted by Gasteiger charge is 2.44. The normalized spacial score (nSPS) is 19.7. The van der Waals surface area contributed by atoms with Crippen molar-refractivity contribution in [2.24, 2.45) is 0 Å². The quantitative estimate of drug-likeness (QED) is 0.171. The molecule has 1 aliphatic carbocycles. The van der Waals surface area contributed by atoms with Crippen molar-refractivity contribution in [3.8, 4) is 0 Å². The fraction of sp³-hybridized carbons (Fsp3) is 0.500. The highest BCUT2D eigenvalue weighted by molar-refractivity contribution is 6.03. The van der Waals surface area contributed by atoms with Crippen LogP contribution in [0.15, 0.2) is 95.4 Å². The Kier molecular flexibility index (Phi) is 11.7. The Morgan fingerprint density at radius 3 is 2.24 bits per heavy atom. The molecule has 2 amide bonds. The summed E-state index contributed by atoms with van der Waals surface area (Å²) in [6.07, 6.45) is 18.2. The van der Waals surface area contributed by atoms with E-state index in [0.717, 1.165) is 50.9 Å². The van der Waals surface area contributed by atoms with Crippen LogP contribution >= 0.6 is 0 Å². The number of para-hydroxylation sites is 2. The van der Waals surface area contributed by atoms with Gasteiger partial charge in [0.1, 0.15) is 6.54 Å². The Morgan fingerprint density at radius 1 is 0.837 bits per heavy atom. The fourth-order valence-corrected chi connectivity index (χ4v) is 8.08. The molecule has 0 radical (unpaired) electrons. The van der Waals surface area contributed by atoms with Gasteiger partial charge in [0, 0.05) is 66.3 Å². The number of rotatable bonds is 13. The van der Waals surface area contributed by atoms with Gasteiger partial charge in [0.25, 0.3) is 0 Å². The first-order chi connectivity index (χ1) is 23.6. The molecule has 2 aromatic rings. The summed E-state index contributed by atoms with van der Waals surface area (Å²) in [5, 5.41) is 3.43. The minimum atomic E-state index is -0.104. The molecule has 5 heteroatoms. The minimum absolute atomic E-state index is 0.0213. The molecule has 1 N–H and O–H groups in total. The number of hydrogen-bond acceptors (Lipinski definition) is 2. The average Bonchev–Trinajstić information content (AvgIpc) is 3.45. The molecule has 0 saturated carbocycles. The number of unbranched alkanes of at least 4 members (excludes halogenated alkanes) is 3. The molecular formula is C44H61N4O+. The number of nitrogens with one attached hydrogen (secondary N) is 1. The summed E-state index contributed by atoms with van der Waals surface area (Å²) < 4.78 is 2.55. The average molecular weight is 662 g/mol.